The number of halogens is 1. The summed E-state index contributed by atoms with van der Waals surface area (Å²) in [5.74, 6) is 0. The van der Waals surface area contributed by atoms with Gasteiger partial charge in [0.2, 0.25) is 0 Å². The molecule has 0 fully saturated rings. The molecule has 18 heavy (non-hydrogen) atoms. The van der Waals surface area contributed by atoms with Crippen molar-refractivity contribution in [1.29, 1.82) is 0 Å². The number of rotatable bonds is 7. The number of benzene rings is 1. The third-order valence-electron chi connectivity index (χ3n) is 3.10. The van der Waals surface area contributed by atoms with Crippen LogP contribution in [0.3, 0.4) is 0 Å². The van der Waals surface area contributed by atoms with Gasteiger partial charge in [-0.25, -0.2) is 0 Å². The maximum atomic E-state index is 8.83. The van der Waals surface area contributed by atoms with Crippen LogP contribution in [0, 0.1) is 6.92 Å². The van der Waals surface area contributed by atoms with Gasteiger partial charge in [0, 0.05) is 29.7 Å². The second-order valence-corrected chi connectivity index (χ2v) is 5.58. The van der Waals surface area contributed by atoms with Gasteiger partial charge in [-0.3, -0.25) is 0 Å². The predicted molar refractivity (Wildman–Crippen MR) is 79.6 cm³/mol. The molecule has 0 aliphatic heterocycles. The summed E-state index contributed by atoms with van der Waals surface area (Å²) in [6.45, 7) is 5.03. The molecule has 4 heteroatoms. The zero-order valence-electron chi connectivity index (χ0n) is 11.1. The minimum absolute atomic E-state index is 0.172. The lowest BCUT2D eigenvalue weighted by atomic mass is 10.0. The van der Waals surface area contributed by atoms with E-state index in [1.165, 1.54) is 11.1 Å². The Morgan fingerprint density at radius 2 is 2.17 bits per heavy atom. The first kappa shape index (κ1) is 15.6. The Bertz CT molecular complexity index is 371. The van der Waals surface area contributed by atoms with Crippen LogP contribution >= 0.6 is 15.9 Å². The van der Waals surface area contributed by atoms with Gasteiger partial charge in [0.25, 0.3) is 0 Å². The quantitative estimate of drug-likeness (QED) is 0.724. The van der Waals surface area contributed by atoms with E-state index in [9.17, 15) is 0 Å². The van der Waals surface area contributed by atoms with Crippen molar-refractivity contribution in [3.63, 3.8) is 0 Å². The third kappa shape index (κ3) is 4.69. The molecule has 0 bridgehead atoms. The lowest BCUT2D eigenvalue weighted by Gasteiger charge is -2.23. The Labute approximate surface area is 118 Å². The van der Waals surface area contributed by atoms with Crippen LogP contribution in [0.4, 0.5) is 0 Å². The first-order valence-electron chi connectivity index (χ1n) is 6.41. The maximum absolute atomic E-state index is 8.83. The van der Waals surface area contributed by atoms with Gasteiger partial charge in [-0.05, 0) is 43.9 Å². The zero-order chi connectivity index (χ0) is 13.5. The van der Waals surface area contributed by atoms with E-state index in [1.807, 2.05) is 0 Å². The Morgan fingerprint density at radius 3 is 2.72 bits per heavy atom. The van der Waals surface area contributed by atoms with E-state index in [0.717, 1.165) is 17.3 Å². The minimum atomic E-state index is 0.172. The molecule has 2 unspecified atom stereocenters. The van der Waals surface area contributed by atoms with E-state index >= 15 is 0 Å². The fourth-order valence-corrected chi connectivity index (χ4v) is 2.26. The SMILES string of the molecule is Cc1cc(C(CN)NC(C)CCCO)ccc1Br. The highest BCUT2D eigenvalue weighted by molar-refractivity contribution is 9.10. The molecule has 0 aromatic heterocycles. The van der Waals surface area contributed by atoms with Crippen LogP contribution in [0.5, 0.6) is 0 Å². The van der Waals surface area contributed by atoms with Crippen LogP contribution in [0.2, 0.25) is 0 Å². The van der Waals surface area contributed by atoms with Crippen LogP contribution < -0.4 is 11.1 Å². The summed E-state index contributed by atoms with van der Waals surface area (Å²) in [6, 6.07) is 6.85. The van der Waals surface area contributed by atoms with Gasteiger partial charge in [0.15, 0.2) is 0 Å². The molecular weight excluding hydrogens is 292 g/mol. The van der Waals surface area contributed by atoms with Crippen molar-refractivity contribution < 1.29 is 5.11 Å². The molecule has 102 valence electrons. The molecule has 1 aromatic rings. The highest BCUT2D eigenvalue weighted by Crippen LogP contribution is 2.21. The molecule has 0 heterocycles. The second-order valence-electron chi connectivity index (χ2n) is 4.73. The average Bonchev–Trinajstić information content (AvgIpc) is 2.37. The summed E-state index contributed by atoms with van der Waals surface area (Å²) in [5.41, 5.74) is 8.28. The topological polar surface area (TPSA) is 58.3 Å². The Hall–Kier alpha value is -0.420. The lowest BCUT2D eigenvalue weighted by molar-refractivity contribution is 0.274. The average molecular weight is 315 g/mol. The molecule has 0 amide bonds. The number of hydrogen-bond acceptors (Lipinski definition) is 3. The van der Waals surface area contributed by atoms with Gasteiger partial charge in [-0.1, -0.05) is 28.1 Å². The Kier molecular flexibility index (Phi) is 6.86. The highest BCUT2D eigenvalue weighted by Gasteiger charge is 2.13. The number of hydrogen-bond donors (Lipinski definition) is 3. The first-order chi connectivity index (χ1) is 8.58. The number of nitrogens with two attached hydrogens (primary N) is 1. The largest absolute Gasteiger partial charge is 0.396 e. The van der Waals surface area contributed by atoms with E-state index < -0.39 is 0 Å². The summed E-state index contributed by atoms with van der Waals surface area (Å²) in [6.07, 6.45) is 1.79. The van der Waals surface area contributed by atoms with Crippen molar-refractivity contribution in [3.05, 3.63) is 33.8 Å². The third-order valence-corrected chi connectivity index (χ3v) is 3.99. The lowest BCUT2D eigenvalue weighted by Crippen LogP contribution is -2.35. The van der Waals surface area contributed by atoms with Gasteiger partial charge < -0.3 is 16.2 Å². The normalized spacial score (nSPS) is 14.5. The molecule has 3 nitrogen and oxygen atoms in total. The van der Waals surface area contributed by atoms with Gasteiger partial charge in [-0.15, -0.1) is 0 Å². The van der Waals surface area contributed by atoms with Crippen molar-refractivity contribution in [2.24, 2.45) is 5.73 Å². The van der Waals surface area contributed by atoms with Gasteiger partial charge in [0.05, 0.1) is 0 Å². The van der Waals surface area contributed by atoms with Crippen molar-refractivity contribution in [1.82, 2.24) is 5.32 Å². The van der Waals surface area contributed by atoms with Crippen molar-refractivity contribution in [2.45, 2.75) is 38.8 Å². The van der Waals surface area contributed by atoms with Gasteiger partial charge in [-0.2, -0.15) is 0 Å². The molecule has 0 spiro atoms. The van der Waals surface area contributed by atoms with E-state index in [4.69, 9.17) is 10.8 Å². The van der Waals surface area contributed by atoms with E-state index in [-0.39, 0.29) is 12.6 Å². The van der Waals surface area contributed by atoms with Gasteiger partial charge >= 0.3 is 0 Å². The van der Waals surface area contributed by atoms with Crippen molar-refractivity contribution in [2.75, 3.05) is 13.2 Å². The summed E-state index contributed by atoms with van der Waals surface area (Å²) in [7, 11) is 0. The molecule has 4 N–H and O–H groups in total. The summed E-state index contributed by atoms with van der Waals surface area (Å²) >= 11 is 3.51. The standard InChI is InChI=1S/C14H23BrN2O/c1-10-8-12(5-6-13(10)15)14(9-16)17-11(2)4-3-7-18/h5-6,8,11,14,17-18H,3-4,7,9,16H2,1-2H3. The molecule has 2 atom stereocenters. The molecule has 0 saturated carbocycles. The molecule has 1 rings (SSSR count). The zero-order valence-corrected chi connectivity index (χ0v) is 12.7. The molecule has 0 radical (unpaired) electrons. The molecular formula is C14H23BrN2O. The number of aliphatic hydroxyl groups excluding tert-OH is 1. The van der Waals surface area contributed by atoms with E-state index in [0.29, 0.717) is 12.6 Å². The van der Waals surface area contributed by atoms with Crippen LogP contribution in [0.1, 0.15) is 36.9 Å². The molecule has 0 aliphatic carbocycles. The van der Waals surface area contributed by atoms with Crippen LogP contribution in [0.25, 0.3) is 0 Å². The number of aliphatic hydroxyl groups is 1. The summed E-state index contributed by atoms with van der Waals surface area (Å²) in [5, 5.41) is 12.3. The Balaban J connectivity index is 2.67. The van der Waals surface area contributed by atoms with Crippen LogP contribution in [-0.4, -0.2) is 24.3 Å². The van der Waals surface area contributed by atoms with Crippen LogP contribution in [0.15, 0.2) is 22.7 Å². The van der Waals surface area contributed by atoms with Crippen molar-refractivity contribution >= 4 is 15.9 Å². The van der Waals surface area contributed by atoms with Gasteiger partial charge in [0.1, 0.15) is 0 Å². The maximum Gasteiger partial charge on any atom is 0.0446 e. The first-order valence-corrected chi connectivity index (χ1v) is 7.20. The highest BCUT2D eigenvalue weighted by atomic mass is 79.9. The monoisotopic (exact) mass is 314 g/mol. The second kappa shape index (κ2) is 7.89. The fourth-order valence-electron chi connectivity index (χ4n) is 2.01. The molecule has 0 saturated heterocycles. The minimum Gasteiger partial charge on any atom is -0.396 e. The fraction of sp³-hybridized carbons (Fsp3) is 0.571. The van der Waals surface area contributed by atoms with Crippen molar-refractivity contribution in [3.8, 4) is 0 Å². The smallest absolute Gasteiger partial charge is 0.0446 e. The molecule has 0 aliphatic rings. The summed E-state index contributed by atoms with van der Waals surface area (Å²) in [4.78, 5) is 0. The Morgan fingerprint density at radius 1 is 1.44 bits per heavy atom. The van der Waals surface area contributed by atoms with Crippen LogP contribution in [-0.2, 0) is 0 Å². The predicted octanol–water partition coefficient (Wildman–Crippen LogP) is 2.51. The summed E-state index contributed by atoms with van der Waals surface area (Å²) < 4.78 is 1.12. The van der Waals surface area contributed by atoms with E-state index in [1.54, 1.807) is 0 Å². The number of aryl methyl sites for hydroxylation is 1. The number of nitrogens with one attached hydrogen (secondary N) is 1. The molecule has 1 aromatic carbocycles. The van der Waals surface area contributed by atoms with E-state index in [2.05, 4.69) is 53.3 Å².